The van der Waals surface area contributed by atoms with Crippen molar-refractivity contribution in [2.75, 3.05) is 5.73 Å². The van der Waals surface area contributed by atoms with Gasteiger partial charge < -0.3 is 5.73 Å². The van der Waals surface area contributed by atoms with Crippen LogP contribution in [-0.4, -0.2) is 14.8 Å². The van der Waals surface area contributed by atoms with Crippen molar-refractivity contribution in [1.29, 1.82) is 0 Å². The highest BCUT2D eigenvalue weighted by Gasteiger charge is 2.14. The number of thiazole rings is 1. The van der Waals surface area contributed by atoms with Crippen LogP contribution in [0.2, 0.25) is 10.0 Å². The molecule has 23 heavy (non-hydrogen) atoms. The molecular weight excluding hydrogens is 351 g/mol. The summed E-state index contributed by atoms with van der Waals surface area (Å²) >= 11 is 13.4. The minimum Gasteiger partial charge on any atom is -0.383 e. The van der Waals surface area contributed by atoms with Gasteiger partial charge in [0.2, 0.25) is 5.13 Å². The molecule has 2 heterocycles. The van der Waals surface area contributed by atoms with E-state index in [0.717, 1.165) is 21.3 Å². The van der Waals surface area contributed by atoms with Crippen molar-refractivity contribution in [3.63, 3.8) is 0 Å². The highest BCUT2D eigenvalue weighted by molar-refractivity contribution is 7.20. The normalized spacial score (nSPS) is 11.2. The molecule has 0 aliphatic heterocycles. The molecular formula is C16H10Cl2N4S. The predicted octanol–water partition coefficient (Wildman–Crippen LogP) is 5.04. The summed E-state index contributed by atoms with van der Waals surface area (Å²) in [6.07, 6.45) is 1.73. The predicted molar refractivity (Wildman–Crippen MR) is 96.6 cm³/mol. The lowest BCUT2D eigenvalue weighted by molar-refractivity contribution is 0.883. The molecule has 4 aromatic rings. The molecule has 2 aromatic carbocycles. The summed E-state index contributed by atoms with van der Waals surface area (Å²) in [5.41, 5.74) is 8.91. The van der Waals surface area contributed by atoms with Gasteiger partial charge in [0.05, 0.1) is 16.4 Å². The molecule has 4 rings (SSSR count). The second kappa shape index (κ2) is 5.53. The first-order valence-electron chi connectivity index (χ1n) is 6.78. The van der Waals surface area contributed by atoms with E-state index in [2.05, 4.69) is 10.1 Å². The third kappa shape index (κ3) is 2.57. The van der Waals surface area contributed by atoms with Crippen molar-refractivity contribution in [2.24, 2.45) is 0 Å². The molecule has 0 aliphatic rings. The molecule has 0 atom stereocenters. The maximum atomic E-state index is 6.27. The molecule has 2 N–H and O–H groups in total. The Balaban J connectivity index is 1.81. The Morgan fingerprint density at radius 3 is 2.52 bits per heavy atom. The monoisotopic (exact) mass is 360 g/mol. The number of rotatable bonds is 2. The molecule has 0 unspecified atom stereocenters. The first-order chi connectivity index (χ1) is 11.1. The van der Waals surface area contributed by atoms with Crippen LogP contribution in [0.4, 0.5) is 5.82 Å². The number of anilines is 1. The van der Waals surface area contributed by atoms with Gasteiger partial charge in [-0.2, -0.15) is 9.78 Å². The van der Waals surface area contributed by atoms with Crippen LogP contribution in [0, 0.1) is 0 Å². The van der Waals surface area contributed by atoms with Crippen LogP contribution in [0.25, 0.3) is 26.5 Å². The molecule has 0 fully saturated rings. The van der Waals surface area contributed by atoms with Gasteiger partial charge in [0, 0.05) is 15.6 Å². The lowest BCUT2D eigenvalue weighted by atomic mass is 10.1. The highest BCUT2D eigenvalue weighted by atomic mass is 35.5. The molecule has 0 saturated heterocycles. The Bertz CT molecular complexity index is 1000. The number of halogens is 2. The largest absolute Gasteiger partial charge is 0.383 e. The van der Waals surface area contributed by atoms with E-state index in [-0.39, 0.29) is 0 Å². The minimum absolute atomic E-state index is 0.539. The molecule has 7 heteroatoms. The van der Waals surface area contributed by atoms with Crippen molar-refractivity contribution in [2.45, 2.75) is 0 Å². The van der Waals surface area contributed by atoms with Gasteiger partial charge in [-0.05, 0) is 35.9 Å². The van der Waals surface area contributed by atoms with E-state index in [1.54, 1.807) is 10.9 Å². The minimum atomic E-state index is 0.539. The fourth-order valence-corrected chi connectivity index (χ4v) is 3.55. The zero-order chi connectivity index (χ0) is 16.0. The van der Waals surface area contributed by atoms with Gasteiger partial charge in [0.15, 0.2) is 0 Å². The summed E-state index contributed by atoms with van der Waals surface area (Å²) in [5.74, 6) is 0.539. The molecule has 0 saturated carbocycles. The number of nitrogen functional groups attached to an aromatic ring is 1. The van der Waals surface area contributed by atoms with Crippen LogP contribution in [0.3, 0.4) is 0 Å². The summed E-state index contributed by atoms with van der Waals surface area (Å²) in [4.78, 5) is 4.56. The van der Waals surface area contributed by atoms with Gasteiger partial charge in [-0.25, -0.2) is 4.98 Å². The van der Waals surface area contributed by atoms with Crippen molar-refractivity contribution < 1.29 is 0 Å². The van der Waals surface area contributed by atoms with Crippen molar-refractivity contribution in [1.82, 2.24) is 14.8 Å². The fraction of sp³-hybridized carbons (Fsp3) is 0. The Morgan fingerprint density at radius 2 is 1.74 bits per heavy atom. The SMILES string of the molecule is Nc1c(-c2ccc(Cl)cc2)cnn1-c1nc2cc(Cl)ccc2s1. The van der Waals surface area contributed by atoms with Crippen molar-refractivity contribution in [3.8, 4) is 16.3 Å². The van der Waals surface area contributed by atoms with E-state index in [0.29, 0.717) is 21.0 Å². The number of nitrogens with zero attached hydrogens (tertiary/aromatic N) is 3. The molecule has 2 aromatic heterocycles. The second-order valence-electron chi connectivity index (χ2n) is 4.97. The maximum Gasteiger partial charge on any atom is 0.213 e. The van der Waals surface area contributed by atoms with Crippen LogP contribution in [0.5, 0.6) is 0 Å². The first-order valence-corrected chi connectivity index (χ1v) is 8.35. The fourth-order valence-electron chi connectivity index (χ4n) is 2.34. The van der Waals surface area contributed by atoms with Crippen LogP contribution in [-0.2, 0) is 0 Å². The molecule has 0 amide bonds. The van der Waals surface area contributed by atoms with E-state index in [4.69, 9.17) is 28.9 Å². The average Bonchev–Trinajstić information content (AvgIpc) is 3.11. The summed E-state index contributed by atoms with van der Waals surface area (Å²) in [7, 11) is 0. The Morgan fingerprint density at radius 1 is 1.00 bits per heavy atom. The molecule has 0 bridgehead atoms. The summed E-state index contributed by atoms with van der Waals surface area (Å²) in [6, 6.07) is 13.1. The second-order valence-corrected chi connectivity index (χ2v) is 6.85. The van der Waals surface area contributed by atoms with Gasteiger partial charge in [-0.3, -0.25) is 0 Å². The van der Waals surface area contributed by atoms with Gasteiger partial charge in [-0.15, -0.1) is 0 Å². The van der Waals surface area contributed by atoms with Gasteiger partial charge in [-0.1, -0.05) is 46.7 Å². The van der Waals surface area contributed by atoms with Crippen molar-refractivity contribution >= 4 is 50.6 Å². The third-order valence-electron chi connectivity index (χ3n) is 3.48. The van der Waals surface area contributed by atoms with Gasteiger partial charge in [0.1, 0.15) is 5.82 Å². The third-order valence-corrected chi connectivity index (χ3v) is 4.98. The van der Waals surface area contributed by atoms with Crippen LogP contribution in [0.1, 0.15) is 0 Å². The van der Waals surface area contributed by atoms with Crippen LogP contribution >= 0.6 is 34.5 Å². The van der Waals surface area contributed by atoms with Crippen molar-refractivity contribution in [3.05, 3.63) is 58.7 Å². The van der Waals surface area contributed by atoms with E-state index >= 15 is 0 Å². The molecule has 0 radical (unpaired) electrons. The van der Waals surface area contributed by atoms with Crippen LogP contribution in [0.15, 0.2) is 48.7 Å². The smallest absolute Gasteiger partial charge is 0.213 e. The molecule has 4 nitrogen and oxygen atoms in total. The first kappa shape index (κ1) is 14.5. The number of nitrogens with two attached hydrogens (primary N) is 1. The van der Waals surface area contributed by atoms with E-state index in [9.17, 15) is 0 Å². The Kier molecular flexibility index (Phi) is 3.49. The number of benzene rings is 2. The average molecular weight is 361 g/mol. The highest BCUT2D eigenvalue weighted by Crippen LogP contribution is 2.32. The summed E-state index contributed by atoms with van der Waals surface area (Å²) < 4.78 is 2.68. The maximum absolute atomic E-state index is 6.27. The van der Waals surface area contributed by atoms with E-state index in [1.165, 1.54) is 11.3 Å². The lowest BCUT2D eigenvalue weighted by Gasteiger charge is -2.02. The van der Waals surface area contributed by atoms with Crippen LogP contribution < -0.4 is 5.73 Å². The van der Waals surface area contributed by atoms with E-state index in [1.807, 2.05) is 42.5 Å². The Hall–Kier alpha value is -2.08. The molecule has 0 spiro atoms. The Labute approximate surface area is 146 Å². The lowest BCUT2D eigenvalue weighted by Crippen LogP contribution is -2.01. The number of fused-ring (bicyclic) bond motifs is 1. The molecule has 0 aliphatic carbocycles. The number of hydrogen-bond acceptors (Lipinski definition) is 4. The topological polar surface area (TPSA) is 56.7 Å². The quantitative estimate of drug-likeness (QED) is 0.544. The van der Waals surface area contributed by atoms with Gasteiger partial charge in [0.25, 0.3) is 0 Å². The number of aromatic nitrogens is 3. The molecule has 114 valence electrons. The standard InChI is InChI=1S/C16H10Cl2N4S/c17-10-3-1-9(2-4-10)12-8-20-22(15(12)19)16-21-13-7-11(18)5-6-14(13)23-16/h1-8H,19H2. The zero-order valence-corrected chi connectivity index (χ0v) is 14.0. The zero-order valence-electron chi connectivity index (χ0n) is 11.7. The summed E-state index contributed by atoms with van der Waals surface area (Å²) in [6.45, 7) is 0. The number of hydrogen-bond donors (Lipinski definition) is 1. The van der Waals surface area contributed by atoms with Gasteiger partial charge >= 0.3 is 0 Å². The summed E-state index contributed by atoms with van der Waals surface area (Å²) in [5, 5.41) is 6.42. The van der Waals surface area contributed by atoms with E-state index < -0.39 is 0 Å².